The summed E-state index contributed by atoms with van der Waals surface area (Å²) in [6, 6.07) is 7.64. The molecule has 110 valence electrons. The van der Waals surface area contributed by atoms with Crippen LogP contribution in [0, 0.1) is 0 Å². The topological polar surface area (TPSA) is 69.3 Å². The number of hydrogen-bond acceptors (Lipinski definition) is 3. The first kappa shape index (κ1) is 15.0. The highest BCUT2D eigenvalue weighted by Gasteiger charge is 2.25. The lowest BCUT2D eigenvalue weighted by atomic mass is 10.3. The third kappa shape index (κ3) is 2.84. The van der Waals surface area contributed by atoms with Crippen molar-refractivity contribution in [2.45, 2.75) is 20.4 Å². The number of H-pyrrole nitrogens is 1. The van der Waals surface area contributed by atoms with Crippen LogP contribution in [-0.2, 0) is 16.8 Å². The van der Waals surface area contributed by atoms with Gasteiger partial charge >= 0.3 is 0 Å². The minimum absolute atomic E-state index is 0.230. The van der Waals surface area contributed by atoms with Crippen molar-refractivity contribution in [1.29, 1.82) is 0 Å². The van der Waals surface area contributed by atoms with Gasteiger partial charge in [-0.15, -0.1) is 0 Å². The second-order valence-electron chi connectivity index (χ2n) is 4.55. The molecule has 0 unspecified atom stereocenters. The third-order valence-electron chi connectivity index (χ3n) is 3.24. The van der Waals surface area contributed by atoms with Gasteiger partial charge in [0.05, 0.1) is 17.6 Å². The summed E-state index contributed by atoms with van der Waals surface area (Å²) in [4.78, 5) is 7.53. The van der Waals surface area contributed by atoms with E-state index in [1.54, 1.807) is 7.05 Å². The average Bonchev–Trinajstić information content (AvgIpc) is 2.81. The highest BCUT2D eigenvalue weighted by Crippen LogP contribution is 2.14. The molecular formula is C13H20N4O2S. The van der Waals surface area contributed by atoms with E-state index in [9.17, 15) is 8.42 Å². The van der Waals surface area contributed by atoms with Crippen LogP contribution in [0.5, 0.6) is 0 Å². The van der Waals surface area contributed by atoms with E-state index in [1.165, 1.54) is 8.61 Å². The smallest absolute Gasteiger partial charge is 0.282 e. The number of hydrogen-bond donors (Lipinski definition) is 1. The van der Waals surface area contributed by atoms with Crippen molar-refractivity contribution in [2.75, 3.05) is 20.1 Å². The van der Waals surface area contributed by atoms with Crippen LogP contribution in [-0.4, -0.2) is 47.1 Å². The molecule has 0 fully saturated rings. The summed E-state index contributed by atoms with van der Waals surface area (Å²) in [6.45, 7) is 4.81. The van der Waals surface area contributed by atoms with Crippen molar-refractivity contribution in [3.63, 3.8) is 0 Å². The lowest BCUT2D eigenvalue weighted by Crippen LogP contribution is -2.41. The van der Waals surface area contributed by atoms with Crippen LogP contribution in [0.15, 0.2) is 24.3 Å². The fourth-order valence-electron chi connectivity index (χ4n) is 2.12. The number of nitrogens with zero attached hydrogens (tertiary/aromatic N) is 3. The predicted octanol–water partition coefficient (Wildman–Crippen LogP) is 1.58. The minimum Gasteiger partial charge on any atom is -0.341 e. The summed E-state index contributed by atoms with van der Waals surface area (Å²) in [5.41, 5.74) is 1.76. The van der Waals surface area contributed by atoms with Crippen LogP contribution < -0.4 is 0 Å². The molecule has 0 saturated carbocycles. The molecule has 1 aromatic heterocycles. The summed E-state index contributed by atoms with van der Waals surface area (Å²) < 4.78 is 27.4. The molecule has 1 aromatic carbocycles. The Kier molecular flexibility index (Phi) is 4.42. The van der Waals surface area contributed by atoms with Crippen LogP contribution >= 0.6 is 0 Å². The Bertz CT molecular complexity index is 643. The first-order chi connectivity index (χ1) is 9.48. The molecule has 2 aromatic rings. The van der Waals surface area contributed by atoms with Gasteiger partial charge in [-0.05, 0) is 12.1 Å². The van der Waals surface area contributed by atoms with Gasteiger partial charge in [-0.1, -0.05) is 26.0 Å². The Hall–Kier alpha value is -1.44. The van der Waals surface area contributed by atoms with E-state index in [2.05, 4.69) is 9.97 Å². The quantitative estimate of drug-likeness (QED) is 0.880. The summed E-state index contributed by atoms with van der Waals surface area (Å²) in [6.07, 6.45) is 0. The summed E-state index contributed by atoms with van der Waals surface area (Å²) in [5.74, 6) is 0.643. The van der Waals surface area contributed by atoms with E-state index in [0.29, 0.717) is 18.9 Å². The Morgan fingerprint density at radius 2 is 1.85 bits per heavy atom. The van der Waals surface area contributed by atoms with E-state index >= 15 is 0 Å². The van der Waals surface area contributed by atoms with Gasteiger partial charge < -0.3 is 4.98 Å². The molecule has 0 atom stereocenters. The van der Waals surface area contributed by atoms with Gasteiger partial charge in [-0.2, -0.15) is 17.0 Å². The molecule has 0 aliphatic carbocycles. The van der Waals surface area contributed by atoms with Crippen LogP contribution in [0.25, 0.3) is 11.0 Å². The van der Waals surface area contributed by atoms with Gasteiger partial charge in [-0.25, -0.2) is 4.98 Å². The number of aromatic nitrogens is 2. The van der Waals surface area contributed by atoms with Crippen molar-refractivity contribution < 1.29 is 8.42 Å². The summed E-state index contributed by atoms with van der Waals surface area (Å²) in [7, 11) is -1.86. The van der Waals surface area contributed by atoms with Gasteiger partial charge in [0.1, 0.15) is 5.82 Å². The number of imidazole rings is 1. The molecule has 0 bridgehead atoms. The van der Waals surface area contributed by atoms with Crippen molar-refractivity contribution in [1.82, 2.24) is 18.6 Å². The summed E-state index contributed by atoms with van der Waals surface area (Å²) >= 11 is 0. The summed E-state index contributed by atoms with van der Waals surface area (Å²) in [5, 5.41) is 0. The number of aromatic amines is 1. The van der Waals surface area contributed by atoms with E-state index in [1.807, 2.05) is 38.1 Å². The van der Waals surface area contributed by atoms with E-state index in [0.717, 1.165) is 11.0 Å². The van der Waals surface area contributed by atoms with Gasteiger partial charge in [0.2, 0.25) is 0 Å². The van der Waals surface area contributed by atoms with Crippen LogP contribution in [0.3, 0.4) is 0 Å². The molecule has 0 radical (unpaired) electrons. The maximum absolute atomic E-state index is 12.3. The zero-order chi connectivity index (χ0) is 14.8. The number of rotatable bonds is 6. The molecule has 0 aliphatic rings. The zero-order valence-electron chi connectivity index (χ0n) is 12.0. The van der Waals surface area contributed by atoms with Crippen LogP contribution in [0.2, 0.25) is 0 Å². The molecule has 0 spiro atoms. The second kappa shape index (κ2) is 5.90. The molecule has 6 nitrogen and oxygen atoms in total. The zero-order valence-corrected chi connectivity index (χ0v) is 12.8. The fraction of sp³-hybridized carbons (Fsp3) is 0.462. The highest BCUT2D eigenvalue weighted by molar-refractivity contribution is 7.86. The minimum atomic E-state index is -3.43. The lowest BCUT2D eigenvalue weighted by Gasteiger charge is -2.24. The number of benzene rings is 1. The van der Waals surface area contributed by atoms with Crippen molar-refractivity contribution in [2.24, 2.45) is 0 Å². The molecule has 1 N–H and O–H groups in total. The molecule has 0 saturated heterocycles. The second-order valence-corrected chi connectivity index (χ2v) is 6.58. The maximum Gasteiger partial charge on any atom is 0.282 e. The van der Waals surface area contributed by atoms with Gasteiger partial charge in [0.25, 0.3) is 10.2 Å². The number of nitrogens with one attached hydrogen (secondary N) is 1. The monoisotopic (exact) mass is 296 g/mol. The third-order valence-corrected chi connectivity index (χ3v) is 5.32. The van der Waals surface area contributed by atoms with Crippen LogP contribution in [0.4, 0.5) is 0 Å². The van der Waals surface area contributed by atoms with E-state index in [4.69, 9.17) is 0 Å². The Labute approximate surface area is 119 Å². The fourth-order valence-corrected chi connectivity index (χ4v) is 3.45. The standard InChI is InChI=1S/C13H20N4O2S/c1-4-17(5-2)20(18,19)16(3)10-13-14-11-8-6-7-9-12(11)15-13/h6-9H,4-5,10H2,1-3H3,(H,14,15). The van der Waals surface area contributed by atoms with Crippen molar-refractivity contribution in [3.05, 3.63) is 30.1 Å². The predicted molar refractivity (Wildman–Crippen MR) is 79.4 cm³/mol. The molecule has 20 heavy (non-hydrogen) atoms. The van der Waals surface area contributed by atoms with Gasteiger partial charge in [0.15, 0.2) is 0 Å². The first-order valence-corrected chi connectivity index (χ1v) is 8.03. The molecular weight excluding hydrogens is 276 g/mol. The Morgan fingerprint density at radius 1 is 1.20 bits per heavy atom. The van der Waals surface area contributed by atoms with Gasteiger partial charge in [0, 0.05) is 20.1 Å². The first-order valence-electron chi connectivity index (χ1n) is 6.64. The average molecular weight is 296 g/mol. The SMILES string of the molecule is CCN(CC)S(=O)(=O)N(C)Cc1nc2ccccc2[nH]1. The van der Waals surface area contributed by atoms with E-state index < -0.39 is 10.2 Å². The Balaban J connectivity index is 2.20. The van der Waals surface area contributed by atoms with E-state index in [-0.39, 0.29) is 6.54 Å². The molecule has 7 heteroatoms. The van der Waals surface area contributed by atoms with Gasteiger partial charge in [-0.3, -0.25) is 0 Å². The lowest BCUT2D eigenvalue weighted by molar-refractivity contribution is 0.371. The largest absolute Gasteiger partial charge is 0.341 e. The highest BCUT2D eigenvalue weighted by atomic mass is 32.2. The molecule has 0 amide bonds. The van der Waals surface area contributed by atoms with Crippen molar-refractivity contribution >= 4 is 21.2 Å². The molecule has 1 heterocycles. The van der Waals surface area contributed by atoms with Crippen LogP contribution in [0.1, 0.15) is 19.7 Å². The molecule has 2 rings (SSSR count). The van der Waals surface area contributed by atoms with Crippen molar-refractivity contribution in [3.8, 4) is 0 Å². The maximum atomic E-state index is 12.3. The normalized spacial score (nSPS) is 12.7. The number of fused-ring (bicyclic) bond motifs is 1. The number of para-hydroxylation sites is 2. The Morgan fingerprint density at radius 3 is 2.45 bits per heavy atom. The molecule has 0 aliphatic heterocycles.